The van der Waals surface area contributed by atoms with E-state index in [0.717, 1.165) is 12.1 Å². The van der Waals surface area contributed by atoms with Crippen LogP contribution in [0.3, 0.4) is 0 Å². The summed E-state index contributed by atoms with van der Waals surface area (Å²) in [5.41, 5.74) is 0.437. The van der Waals surface area contributed by atoms with Crippen molar-refractivity contribution in [3.63, 3.8) is 0 Å². The average molecular weight is 331 g/mol. The summed E-state index contributed by atoms with van der Waals surface area (Å²) in [6, 6.07) is 5.34. The van der Waals surface area contributed by atoms with E-state index in [4.69, 9.17) is 27.9 Å². The molecule has 1 aliphatic heterocycles. The molecule has 0 spiro atoms. The van der Waals surface area contributed by atoms with Gasteiger partial charge in [0.25, 0.3) is 0 Å². The van der Waals surface area contributed by atoms with E-state index in [9.17, 15) is 4.79 Å². The minimum atomic E-state index is -0.510. The number of benzene rings is 1. The minimum absolute atomic E-state index is 0.108. The van der Waals surface area contributed by atoms with Crippen LogP contribution in [0.4, 0.5) is 4.79 Å². The molecule has 1 aromatic carbocycles. The van der Waals surface area contributed by atoms with E-state index in [1.807, 2.05) is 26.8 Å². The van der Waals surface area contributed by atoms with Crippen molar-refractivity contribution < 1.29 is 9.53 Å². The molecule has 1 atom stereocenters. The lowest BCUT2D eigenvalue weighted by Gasteiger charge is -2.37. The van der Waals surface area contributed by atoms with Gasteiger partial charge in [-0.15, -0.1) is 0 Å². The van der Waals surface area contributed by atoms with Crippen molar-refractivity contribution in [3.8, 4) is 0 Å². The van der Waals surface area contributed by atoms with Crippen LogP contribution in [-0.2, 0) is 4.74 Å². The Hall–Kier alpha value is -0.970. The number of nitrogens with zero attached hydrogens (tertiary/aromatic N) is 1. The first-order valence-electron chi connectivity index (χ1n) is 6.93. The predicted molar refractivity (Wildman–Crippen MR) is 85.0 cm³/mol. The standard InChI is InChI=1S/C15H20Cl2N2O2/c1-15(2,3)21-14(20)19-7-6-18-9-13(19)10-4-5-11(16)12(17)8-10/h4-5,8,13,18H,6-7,9H2,1-3H3/t13-/m0/s1. The van der Waals surface area contributed by atoms with Crippen molar-refractivity contribution in [2.24, 2.45) is 0 Å². The summed E-state index contributed by atoms with van der Waals surface area (Å²) in [7, 11) is 0. The highest BCUT2D eigenvalue weighted by Crippen LogP contribution is 2.30. The Kier molecular flexibility index (Phi) is 5.02. The summed E-state index contributed by atoms with van der Waals surface area (Å²) in [4.78, 5) is 14.1. The molecule has 0 radical (unpaired) electrons. The first kappa shape index (κ1) is 16.4. The van der Waals surface area contributed by atoms with Gasteiger partial charge in [0.15, 0.2) is 0 Å². The van der Waals surface area contributed by atoms with Crippen LogP contribution in [0.15, 0.2) is 18.2 Å². The molecule has 1 heterocycles. The van der Waals surface area contributed by atoms with Crippen molar-refractivity contribution in [1.29, 1.82) is 0 Å². The number of amides is 1. The Morgan fingerprint density at radius 3 is 2.67 bits per heavy atom. The van der Waals surface area contributed by atoms with Crippen molar-refractivity contribution >= 4 is 29.3 Å². The topological polar surface area (TPSA) is 41.6 Å². The molecule has 1 N–H and O–H groups in total. The van der Waals surface area contributed by atoms with E-state index in [2.05, 4.69) is 5.32 Å². The van der Waals surface area contributed by atoms with Gasteiger partial charge < -0.3 is 10.1 Å². The number of carbonyl (C=O) groups is 1. The maximum atomic E-state index is 12.4. The number of piperazine rings is 1. The number of ether oxygens (including phenoxy) is 1. The van der Waals surface area contributed by atoms with Crippen LogP contribution in [-0.4, -0.2) is 36.2 Å². The van der Waals surface area contributed by atoms with Crippen LogP contribution >= 0.6 is 23.2 Å². The average Bonchev–Trinajstić information content (AvgIpc) is 2.40. The van der Waals surface area contributed by atoms with Gasteiger partial charge in [-0.3, -0.25) is 4.90 Å². The summed E-state index contributed by atoms with van der Waals surface area (Å²) in [5.74, 6) is 0. The van der Waals surface area contributed by atoms with Crippen LogP contribution in [0, 0.1) is 0 Å². The third kappa shape index (κ3) is 4.25. The maximum Gasteiger partial charge on any atom is 0.410 e. The molecule has 0 aromatic heterocycles. The third-order valence-electron chi connectivity index (χ3n) is 3.20. The van der Waals surface area contributed by atoms with Gasteiger partial charge in [0.2, 0.25) is 0 Å². The number of halogens is 2. The van der Waals surface area contributed by atoms with E-state index in [1.54, 1.807) is 17.0 Å². The van der Waals surface area contributed by atoms with Gasteiger partial charge in [-0.2, -0.15) is 0 Å². The SMILES string of the molecule is CC(C)(C)OC(=O)N1CCNC[C@H]1c1ccc(Cl)c(Cl)c1. The minimum Gasteiger partial charge on any atom is -0.444 e. The second kappa shape index (κ2) is 6.42. The zero-order chi connectivity index (χ0) is 15.6. The van der Waals surface area contributed by atoms with Crippen molar-refractivity contribution in [1.82, 2.24) is 10.2 Å². The first-order valence-corrected chi connectivity index (χ1v) is 7.69. The summed E-state index contributed by atoms with van der Waals surface area (Å²) >= 11 is 12.0. The summed E-state index contributed by atoms with van der Waals surface area (Å²) in [6.07, 6.45) is -0.305. The van der Waals surface area contributed by atoms with Crippen molar-refractivity contribution in [3.05, 3.63) is 33.8 Å². The number of hydrogen-bond acceptors (Lipinski definition) is 3. The van der Waals surface area contributed by atoms with E-state index < -0.39 is 5.60 Å². The van der Waals surface area contributed by atoms with Crippen LogP contribution in [0.2, 0.25) is 10.0 Å². The monoisotopic (exact) mass is 330 g/mol. The smallest absolute Gasteiger partial charge is 0.410 e. The largest absolute Gasteiger partial charge is 0.444 e. The van der Waals surface area contributed by atoms with Crippen LogP contribution in [0.1, 0.15) is 32.4 Å². The molecule has 2 rings (SSSR count). The Morgan fingerprint density at radius 1 is 1.33 bits per heavy atom. The zero-order valence-electron chi connectivity index (χ0n) is 12.5. The Morgan fingerprint density at radius 2 is 2.05 bits per heavy atom. The molecule has 0 saturated carbocycles. The van der Waals surface area contributed by atoms with Gasteiger partial charge in [0.05, 0.1) is 16.1 Å². The van der Waals surface area contributed by atoms with E-state index in [1.165, 1.54) is 0 Å². The highest BCUT2D eigenvalue weighted by atomic mass is 35.5. The molecule has 1 fully saturated rings. The number of rotatable bonds is 1. The Bertz CT molecular complexity index is 529. The predicted octanol–water partition coefficient (Wildman–Crippen LogP) is 3.87. The quantitative estimate of drug-likeness (QED) is 0.849. The summed E-state index contributed by atoms with van der Waals surface area (Å²) < 4.78 is 5.48. The molecule has 1 aliphatic rings. The van der Waals surface area contributed by atoms with Crippen molar-refractivity contribution in [2.45, 2.75) is 32.4 Å². The molecule has 1 saturated heterocycles. The molecule has 1 amide bonds. The van der Waals surface area contributed by atoms with Crippen LogP contribution in [0.25, 0.3) is 0 Å². The fraction of sp³-hybridized carbons (Fsp3) is 0.533. The zero-order valence-corrected chi connectivity index (χ0v) is 14.0. The van der Waals surface area contributed by atoms with E-state index >= 15 is 0 Å². The highest BCUT2D eigenvalue weighted by Gasteiger charge is 2.31. The normalized spacial score (nSPS) is 19.5. The molecule has 6 heteroatoms. The summed E-state index contributed by atoms with van der Waals surface area (Å²) in [6.45, 7) is 7.60. The van der Waals surface area contributed by atoms with Crippen molar-refractivity contribution in [2.75, 3.05) is 19.6 Å². The second-order valence-electron chi connectivity index (χ2n) is 6.07. The molecule has 1 aromatic rings. The lowest BCUT2D eigenvalue weighted by atomic mass is 10.0. The molecule has 0 bridgehead atoms. The molecule has 0 aliphatic carbocycles. The molecule has 21 heavy (non-hydrogen) atoms. The fourth-order valence-corrected chi connectivity index (χ4v) is 2.57. The van der Waals surface area contributed by atoms with Gasteiger partial charge in [-0.1, -0.05) is 29.3 Å². The summed E-state index contributed by atoms with van der Waals surface area (Å²) in [5, 5.41) is 4.29. The lowest BCUT2D eigenvalue weighted by Crippen LogP contribution is -2.50. The molecule has 116 valence electrons. The molecular weight excluding hydrogens is 311 g/mol. The number of hydrogen-bond donors (Lipinski definition) is 1. The highest BCUT2D eigenvalue weighted by molar-refractivity contribution is 6.42. The maximum absolute atomic E-state index is 12.4. The van der Waals surface area contributed by atoms with Gasteiger partial charge in [-0.05, 0) is 38.5 Å². The van der Waals surface area contributed by atoms with Crippen LogP contribution in [0.5, 0.6) is 0 Å². The lowest BCUT2D eigenvalue weighted by molar-refractivity contribution is 0.0118. The van der Waals surface area contributed by atoms with Gasteiger partial charge >= 0.3 is 6.09 Å². The fourth-order valence-electron chi connectivity index (χ4n) is 2.26. The van der Waals surface area contributed by atoms with E-state index in [-0.39, 0.29) is 12.1 Å². The number of carbonyl (C=O) groups excluding carboxylic acids is 1. The van der Waals surface area contributed by atoms with Crippen LogP contribution < -0.4 is 5.32 Å². The number of nitrogens with one attached hydrogen (secondary N) is 1. The molecule has 4 nitrogen and oxygen atoms in total. The van der Waals surface area contributed by atoms with Gasteiger partial charge in [-0.25, -0.2) is 4.79 Å². The first-order chi connectivity index (χ1) is 9.78. The molecule has 0 unspecified atom stereocenters. The van der Waals surface area contributed by atoms with Gasteiger partial charge in [0.1, 0.15) is 5.60 Å². The van der Waals surface area contributed by atoms with E-state index in [0.29, 0.717) is 23.1 Å². The molecular formula is C15H20Cl2N2O2. The van der Waals surface area contributed by atoms with Gasteiger partial charge in [0, 0.05) is 19.6 Å². The Labute approximate surface area is 135 Å². The second-order valence-corrected chi connectivity index (χ2v) is 6.88. The Balaban J connectivity index is 2.22. The third-order valence-corrected chi connectivity index (χ3v) is 3.94.